The number of carbonyl (C=O) groups excluding carboxylic acids is 1. The Bertz CT molecular complexity index is 391. The second kappa shape index (κ2) is 7.29. The number of methoxy groups -OCH3 is 1. The molecule has 2 atom stereocenters. The first-order chi connectivity index (χ1) is 9.01. The van der Waals surface area contributed by atoms with Gasteiger partial charge in [-0.1, -0.05) is 37.3 Å². The molecule has 1 aromatic carbocycles. The minimum absolute atomic E-state index is 0.191. The van der Waals surface area contributed by atoms with Crippen molar-refractivity contribution in [2.24, 2.45) is 0 Å². The van der Waals surface area contributed by atoms with Gasteiger partial charge in [0.15, 0.2) is 0 Å². The lowest BCUT2D eigenvalue weighted by atomic mass is 9.92. The first kappa shape index (κ1) is 15.7. The lowest BCUT2D eigenvalue weighted by molar-refractivity contribution is -0.148. The molecule has 0 radical (unpaired) electrons. The van der Waals surface area contributed by atoms with E-state index in [9.17, 15) is 4.79 Å². The number of esters is 1. The van der Waals surface area contributed by atoms with E-state index in [0.717, 1.165) is 19.3 Å². The summed E-state index contributed by atoms with van der Waals surface area (Å²) < 4.78 is 4.95. The zero-order chi connectivity index (χ0) is 14.3. The van der Waals surface area contributed by atoms with Gasteiger partial charge in [0.1, 0.15) is 5.54 Å². The molecule has 3 nitrogen and oxygen atoms in total. The Kier molecular flexibility index (Phi) is 6.03. The fourth-order valence-electron chi connectivity index (χ4n) is 2.14. The van der Waals surface area contributed by atoms with Crippen molar-refractivity contribution in [2.75, 3.05) is 7.11 Å². The Hall–Kier alpha value is -1.35. The van der Waals surface area contributed by atoms with Crippen LogP contribution in [0.3, 0.4) is 0 Å². The molecule has 0 heterocycles. The maximum Gasteiger partial charge on any atom is 0.325 e. The van der Waals surface area contributed by atoms with Gasteiger partial charge in [0.25, 0.3) is 0 Å². The summed E-state index contributed by atoms with van der Waals surface area (Å²) in [6.45, 7) is 6.12. The highest BCUT2D eigenvalue weighted by Gasteiger charge is 2.34. The molecule has 0 amide bonds. The average molecular weight is 263 g/mol. The van der Waals surface area contributed by atoms with Crippen molar-refractivity contribution < 1.29 is 9.53 Å². The van der Waals surface area contributed by atoms with E-state index >= 15 is 0 Å². The van der Waals surface area contributed by atoms with Crippen LogP contribution in [0.25, 0.3) is 0 Å². The quantitative estimate of drug-likeness (QED) is 0.769. The molecule has 0 aliphatic carbocycles. The molecule has 106 valence electrons. The van der Waals surface area contributed by atoms with E-state index < -0.39 is 5.54 Å². The molecule has 0 saturated carbocycles. The summed E-state index contributed by atoms with van der Waals surface area (Å²) in [6, 6.07) is 10.5. The predicted molar refractivity (Wildman–Crippen MR) is 78.1 cm³/mol. The fourth-order valence-corrected chi connectivity index (χ4v) is 2.14. The zero-order valence-corrected chi connectivity index (χ0v) is 12.4. The third kappa shape index (κ3) is 4.67. The number of ether oxygens (including phenoxy) is 1. The molecule has 1 N–H and O–H groups in total. The molecule has 19 heavy (non-hydrogen) atoms. The van der Waals surface area contributed by atoms with Crippen molar-refractivity contribution >= 4 is 5.97 Å². The normalized spacial score (nSPS) is 15.6. The summed E-state index contributed by atoms with van der Waals surface area (Å²) >= 11 is 0. The fraction of sp³-hybridized carbons (Fsp3) is 0.562. The van der Waals surface area contributed by atoms with Gasteiger partial charge in [-0.2, -0.15) is 0 Å². The van der Waals surface area contributed by atoms with Crippen LogP contribution in [0.15, 0.2) is 30.3 Å². The first-order valence-corrected chi connectivity index (χ1v) is 6.92. The summed E-state index contributed by atoms with van der Waals surface area (Å²) in [5, 5.41) is 3.39. The largest absolute Gasteiger partial charge is 0.468 e. The zero-order valence-electron chi connectivity index (χ0n) is 12.4. The minimum atomic E-state index is -0.625. The van der Waals surface area contributed by atoms with Crippen molar-refractivity contribution in [3.63, 3.8) is 0 Å². The van der Waals surface area contributed by atoms with Crippen molar-refractivity contribution in [3.05, 3.63) is 35.9 Å². The minimum Gasteiger partial charge on any atom is -0.468 e. The maximum atomic E-state index is 12.0. The highest BCUT2D eigenvalue weighted by atomic mass is 16.5. The van der Waals surface area contributed by atoms with Crippen molar-refractivity contribution in [2.45, 2.75) is 51.6 Å². The number of hydrogen-bond donors (Lipinski definition) is 1. The molecule has 1 rings (SSSR count). The van der Waals surface area contributed by atoms with Crippen LogP contribution in [-0.2, 0) is 16.0 Å². The second-order valence-electron chi connectivity index (χ2n) is 5.26. The standard InChI is InChI=1S/C16H25NO2/c1-5-13(2)17-16(3,15(18)19-4)12-11-14-9-7-6-8-10-14/h6-10,13,17H,5,11-12H2,1-4H3. The van der Waals surface area contributed by atoms with Gasteiger partial charge in [0, 0.05) is 6.04 Å². The Balaban J connectivity index is 2.71. The number of aryl methyl sites for hydroxylation is 1. The molecule has 0 spiro atoms. The van der Waals surface area contributed by atoms with E-state index in [0.29, 0.717) is 6.04 Å². The van der Waals surface area contributed by atoms with Crippen molar-refractivity contribution in [1.29, 1.82) is 0 Å². The molecule has 0 aliphatic heterocycles. The SMILES string of the molecule is CCC(C)NC(C)(CCc1ccccc1)C(=O)OC. The smallest absolute Gasteiger partial charge is 0.325 e. The van der Waals surface area contributed by atoms with Gasteiger partial charge >= 0.3 is 5.97 Å². The first-order valence-electron chi connectivity index (χ1n) is 6.92. The number of hydrogen-bond acceptors (Lipinski definition) is 3. The van der Waals surface area contributed by atoms with E-state index in [1.165, 1.54) is 12.7 Å². The van der Waals surface area contributed by atoms with E-state index in [2.05, 4.69) is 31.3 Å². The highest BCUT2D eigenvalue weighted by Crippen LogP contribution is 2.17. The third-order valence-corrected chi connectivity index (χ3v) is 3.57. The van der Waals surface area contributed by atoms with Gasteiger partial charge in [-0.15, -0.1) is 0 Å². The molecule has 0 fully saturated rings. The molecule has 2 unspecified atom stereocenters. The summed E-state index contributed by atoms with van der Waals surface area (Å²) in [6.07, 6.45) is 2.57. The molecule has 1 aromatic rings. The molecule has 0 saturated heterocycles. The van der Waals surface area contributed by atoms with E-state index in [1.807, 2.05) is 25.1 Å². The van der Waals surface area contributed by atoms with Crippen LogP contribution < -0.4 is 5.32 Å². The molecular weight excluding hydrogens is 238 g/mol. The maximum absolute atomic E-state index is 12.0. The van der Waals surface area contributed by atoms with Crippen LogP contribution in [0.5, 0.6) is 0 Å². The van der Waals surface area contributed by atoms with Crippen LogP contribution in [0.2, 0.25) is 0 Å². The van der Waals surface area contributed by atoms with Gasteiger partial charge in [0.2, 0.25) is 0 Å². The number of carbonyl (C=O) groups is 1. The molecule has 0 aromatic heterocycles. The van der Waals surface area contributed by atoms with Gasteiger partial charge in [-0.05, 0) is 38.7 Å². The topological polar surface area (TPSA) is 38.3 Å². The molecule has 0 aliphatic rings. The Morgan fingerprint density at radius 2 is 2.00 bits per heavy atom. The van der Waals surface area contributed by atoms with Crippen LogP contribution in [0.1, 0.15) is 39.2 Å². The van der Waals surface area contributed by atoms with Crippen LogP contribution in [0.4, 0.5) is 0 Å². The Labute approximate surface area is 116 Å². The third-order valence-electron chi connectivity index (χ3n) is 3.57. The van der Waals surface area contributed by atoms with Crippen LogP contribution >= 0.6 is 0 Å². The predicted octanol–water partition coefficient (Wildman–Crippen LogP) is 2.94. The van der Waals surface area contributed by atoms with Crippen molar-refractivity contribution in [3.8, 4) is 0 Å². The van der Waals surface area contributed by atoms with Gasteiger partial charge in [-0.3, -0.25) is 10.1 Å². The number of benzene rings is 1. The van der Waals surface area contributed by atoms with E-state index in [4.69, 9.17) is 4.74 Å². The van der Waals surface area contributed by atoms with Crippen molar-refractivity contribution in [1.82, 2.24) is 5.32 Å². The number of rotatable bonds is 7. The van der Waals surface area contributed by atoms with Gasteiger partial charge in [-0.25, -0.2) is 0 Å². The van der Waals surface area contributed by atoms with Gasteiger partial charge in [0.05, 0.1) is 7.11 Å². The van der Waals surface area contributed by atoms with Crippen LogP contribution in [-0.4, -0.2) is 24.7 Å². The van der Waals surface area contributed by atoms with E-state index in [1.54, 1.807) is 0 Å². The van der Waals surface area contributed by atoms with Crippen LogP contribution in [0, 0.1) is 0 Å². The monoisotopic (exact) mass is 263 g/mol. The Morgan fingerprint density at radius 1 is 1.37 bits per heavy atom. The molecule has 3 heteroatoms. The highest BCUT2D eigenvalue weighted by molar-refractivity contribution is 5.80. The molecular formula is C16H25NO2. The Morgan fingerprint density at radius 3 is 2.53 bits per heavy atom. The summed E-state index contributed by atoms with van der Waals surface area (Å²) in [7, 11) is 1.45. The molecule has 0 bridgehead atoms. The van der Waals surface area contributed by atoms with Gasteiger partial charge < -0.3 is 4.74 Å². The summed E-state index contributed by atoms with van der Waals surface area (Å²) in [4.78, 5) is 12.0. The number of nitrogens with one attached hydrogen (secondary N) is 1. The van der Waals surface area contributed by atoms with E-state index in [-0.39, 0.29) is 5.97 Å². The lowest BCUT2D eigenvalue weighted by Crippen LogP contribution is -2.53. The lowest BCUT2D eigenvalue weighted by Gasteiger charge is -2.31. The summed E-state index contributed by atoms with van der Waals surface area (Å²) in [5.41, 5.74) is 0.614. The summed E-state index contributed by atoms with van der Waals surface area (Å²) in [5.74, 6) is -0.191. The second-order valence-corrected chi connectivity index (χ2v) is 5.26. The average Bonchev–Trinajstić information content (AvgIpc) is 2.45.